The van der Waals surface area contributed by atoms with Crippen molar-refractivity contribution in [1.29, 1.82) is 0 Å². The van der Waals surface area contributed by atoms with Gasteiger partial charge in [-0.1, -0.05) is 127 Å². The number of benzene rings is 7. The molecule has 0 radical (unpaired) electrons. The van der Waals surface area contributed by atoms with E-state index in [1.165, 1.54) is 16.5 Å². The fourth-order valence-electron chi connectivity index (χ4n) is 7.85. The van der Waals surface area contributed by atoms with E-state index < -0.39 is 0 Å². The molecule has 10 aromatic rings. The van der Waals surface area contributed by atoms with Gasteiger partial charge in [-0.25, -0.2) is 15.0 Å². The van der Waals surface area contributed by atoms with Gasteiger partial charge in [-0.15, -0.1) is 0 Å². The minimum atomic E-state index is 0.599. The molecule has 0 saturated carbocycles. The molecule has 0 atom stereocenters. The predicted octanol–water partition coefficient (Wildman–Crippen LogP) is 12.5. The van der Waals surface area contributed by atoms with Gasteiger partial charge in [0.15, 0.2) is 17.5 Å². The maximum Gasteiger partial charge on any atom is 0.164 e. The van der Waals surface area contributed by atoms with Crippen molar-refractivity contribution in [3.05, 3.63) is 157 Å². The topological polar surface area (TPSA) is 65.0 Å². The Bertz CT molecular complexity index is 3080. The molecule has 1 aliphatic carbocycles. The highest BCUT2D eigenvalue weighted by molar-refractivity contribution is 6.18. The second-order valence-corrected chi connectivity index (χ2v) is 13.5. The Kier molecular flexibility index (Phi) is 6.31. The highest BCUT2D eigenvalue weighted by Crippen LogP contribution is 2.43. The molecule has 52 heavy (non-hydrogen) atoms. The maximum absolute atomic E-state index is 6.76. The summed E-state index contributed by atoms with van der Waals surface area (Å²) in [6, 6.07) is 48.2. The first-order valence-corrected chi connectivity index (χ1v) is 17.7. The lowest BCUT2D eigenvalue weighted by atomic mass is 9.95. The van der Waals surface area contributed by atoms with Crippen LogP contribution < -0.4 is 0 Å². The van der Waals surface area contributed by atoms with Gasteiger partial charge in [-0.3, -0.25) is 0 Å². The van der Waals surface area contributed by atoms with E-state index in [0.29, 0.717) is 17.5 Å². The Hall–Kier alpha value is -6.85. The van der Waals surface area contributed by atoms with Crippen LogP contribution in [-0.4, -0.2) is 15.0 Å². The first-order chi connectivity index (χ1) is 25.7. The summed E-state index contributed by atoms with van der Waals surface area (Å²) in [6.45, 7) is 0. The van der Waals surface area contributed by atoms with Crippen LogP contribution in [0.2, 0.25) is 0 Å². The van der Waals surface area contributed by atoms with Crippen LogP contribution in [0.4, 0.5) is 0 Å². The molecule has 7 aromatic carbocycles. The van der Waals surface area contributed by atoms with Crippen LogP contribution in [0.25, 0.3) is 106 Å². The normalized spacial score (nSPS) is 12.8. The molecule has 5 heteroatoms. The molecular formula is C47H29N3O2. The molecule has 244 valence electrons. The molecular weight excluding hydrogens is 639 g/mol. The maximum atomic E-state index is 6.76. The van der Waals surface area contributed by atoms with E-state index in [1.54, 1.807) is 0 Å². The molecule has 1 aliphatic rings. The molecule has 3 aromatic heterocycles. The highest BCUT2D eigenvalue weighted by Gasteiger charge is 2.22. The van der Waals surface area contributed by atoms with Crippen LogP contribution in [-0.2, 0) is 6.42 Å². The van der Waals surface area contributed by atoms with Crippen LogP contribution in [0.1, 0.15) is 17.5 Å². The molecule has 0 aliphatic heterocycles. The van der Waals surface area contributed by atoms with Gasteiger partial charge in [-0.2, -0.15) is 0 Å². The number of para-hydroxylation sites is 2. The van der Waals surface area contributed by atoms with Crippen molar-refractivity contribution in [1.82, 2.24) is 15.0 Å². The molecule has 0 saturated heterocycles. The van der Waals surface area contributed by atoms with E-state index in [9.17, 15) is 0 Å². The minimum absolute atomic E-state index is 0.599. The van der Waals surface area contributed by atoms with Gasteiger partial charge in [-0.05, 0) is 59.0 Å². The van der Waals surface area contributed by atoms with Crippen molar-refractivity contribution >= 4 is 60.7 Å². The first kappa shape index (κ1) is 28.9. The van der Waals surface area contributed by atoms with E-state index in [1.807, 2.05) is 42.5 Å². The van der Waals surface area contributed by atoms with Crippen molar-refractivity contribution in [2.75, 3.05) is 0 Å². The number of nitrogens with zero attached hydrogens (tertiary/aromatic N) is 3. The van der Waals surface area contributed by atoms with E-state index in [-0.39, 0.29) is 0 Å². The molecule has 3 heterocycles. The number of allylic oxidation sites excluding steroid dienone is 1. The van der Waals surface area contributed by atoms with E-state index in [2.05, 4.69) is 109 Å². The molecule has 11 rings (SSSR count). The van der Waals surface area contributed by atoms with Crippen LogP contribution in [0, 0.1) is 0 Å². The third-order valence-electron chi connectivity index (χ3n) is 10.4. The molecule has 0 fully saturated rings. The lowest BCUT2D eigenvalue weighted by Gasteiger charge is -2.13. The minimum Gasteiger partial charge on any atom is -0.455 e. The Morgan fingerprint density at radius 1 is 0.462 bits per heavy atom. The van der Waals surface area contributed by atoms with Gasteiger partial charge >= 0.3 is 0 Å². The lowest BCUT2D eigenvalue weighted by molar-refractivity contribution is 0.665. The van der Waals surface area contributed by atoms with Gasteiger partial charge in [0.2, 0.25) is 0 Å². The predicted molar refractivity (Wildman–Crippen MR) is 211 cm³/mol. The largest absolute Gasteiger partial charge is 0.455 e. The molecule has 0 spiro atoms. The molecule has 0 amide bonds. The quantitative estimate of drug-likeness (QED) is 0.187. The van der Waals surface area contributed by atoms with Crippen LogP contribution >= 0.6 is 0 Å². The number of aryl methyl sites for hydroxylation is 1. The Labute approximate surface area is 298 Å². The van der Waals surface area contributed by atoms with Crippen molar-refractivity contribution in [3.63, 3.8) is 0 Å². The lowest BCUT2D eigenvalue weighted by Crippen LogP contribution is -2.01. The van der Waals surface area contributed by atoms with E-state index >= 15 is 0 Å². The summed E-state index contributed by atoms with van der Waals surface area (Å²) >= 11 is 0. The van der Waals surface area contributed by atoms with Crippen molar-refractivity contribution in [2.24, 2.45) is 0 Å². The number of hydrogen-bond donors (Lipinski definition) is 0. The summed E-state index contributed by atoms with van der Waals surface area (Å²) in [4.78, 5) is 15.3. The molecule has 0 bridgehead atoms. The number of aromatic nitrogens is 3. The summed E-state index contributed by atoms with van der Waals surface area (Å²) in [7, 11) is 0. The second-order valence-electron chi connectivity index (χ2n) is 13.5. The first-order valence-electron chi connectivity index (χ1n) is 17.7. The zero-order valence-corrected chi connectivity index (χ0v) is 28.0. The van der Waals surface area contributed by atoms with E-state index in [0.717, 1.165) is 89.9 Å². The fraction of sp³-hybridized carbons (Fsp3) is 0.0426. The number of furan rings is 2. The summed E-state index contributed by atoms with van der Waals surface area (Å²) < 4.78 is 13.4. The fourth-order valence-corrected chi connectivity index (χ4v) is 7.85. The van der Waals surface area contributed by atoms with Crippen LogP contribution in [0.3, 0.4) is 0 Å². The number of hydrogen-bond acceptors (Lipinski definition) is 5. The summed E-state index contributed by atoms with van der Waals surface area (Å²) in [5.74, 6) is 1.87. The number of rotatable bonds is 4. The van der Waals surface area contributed by atoms with Crippen LogP contribution in [0.5, 0.6) is 0 Å². The summed E-state index contributed by atoms with van der Waals surface area (Å²) in [5.41, 5.74) is 10.6. The van der Waals surface area contributed by atoms with Gasteiger partial charge in [0, 0.05) is 49.4 Å². The van der Waals surface area contributed by atoms with Gasteiger partial charge in [0.25, 0.3) is 0 Å². The van der Waals surface area contributed by atoms with Crippen molar-refractivity contribution in [3.8, 4) is 45.3 Å². The monoisotopic (exact) mass is 667 g/mol. The SMILES string of the molecule is C1=Cc2cc(-c3nc(-c4ccccc4)nc(-c4cccc5oc6c(-c7cccc8c7oc7cc9ccccc9cc78)cccc6c45)n3)ccc2CC1. The zero-order chi connectivity index (χ0) is 34.2. The molecule has 0 N–H and O–H groups in total. The van der Waals surface area contributed by atoms with Gasteiger partial charge < -0.3 is 8.83 Å². The van der Waals surface area contributed by atoms with Crippen LogP contribution in [0.15, 0.2) is 154 Å². The number of fused-ring (bicyclic) bond motifs is 8. The highest BCUT2D eigenvalue weighted by atomic mass is 16.3. The Morgan fingerprint density at radius 2 is 1.13 bits per heavy atom. The molecule has 0 unspecified atom stereocenters. The van der Waals surface area contributed by atoms with E-state index in [4.69, 9.17) is 23.8 Å². The molecule has 5 nitrogen and oxygen atoms in total. The Balaban J connectivity index is 1.12. The third-order valence-corrected chi connectivity index (χ3v) is 10.4. The van der Waals surface area contributed by atoms with Gasteiger partial charge in [0.05, 0.1) is 0 Å². The zero-order valence-electron chi connectivity index (χ0n) is 28.0. The Morgan fingerprint density at radius 3 is 1.98 bits per heavy atom. The summed E-state index contributed by atoms with van der Waals surface area (Å²) in [6.07, 6.45) is 6.54. The van der Waals surface area contributed by atoms with Gasteiger partial charge in [0.1, 0.15) is 22.3 Å². The second kappa shape index (κ2) is 11.3. The third kappa shape index (κ3) is 4.53. The van der Waals surface area contributed by atoms with Crippen molar-refractivity contribution in [2.45, 2.75) is 12.8 Å². The summed E-state index contributed by atoms with van der Waals surface area (Å²) in [5, 5.41) is 6.48. The average molecular weight is 668 g/mol. The average Bonchev–Trinajstić information content (AvgIpc) is 3.78. The van der Waals surface area contributed by atoms with Crippen molar-refractivity contribution < 1.29 is 8.83 Å². The standard InChI is InChI=1S/C47H29N3O2/c1-2-12-29(13-3-1)45-48-46(33-24-23-28-11-4-5-14-30(28)25-33)50-47(49-45)38-21-10-22-40-42(38)37-20-9-18-35(44(37)51-40)34-17-8-19-36-39-26-31-15-6-7-16-32(31)27-41(39)52-43(34)36/h1-3,5-10,12-27H,4,11H2. The smallest absolute Gasteiger partial charge is 0.164 e.